The fraction of sp³-hybridized carbons (Fsp3) is 0.125. The zero-order chi connectivity index (χ0) is 9.68. The largest absolute Gasteiger partial charge is 0.343 e. The molecule has 1 aromatic rings. The highest BCUT2D eigenvalue weighted by molar-refractivity contribution is 9.10. The first-order valence-electron chi connectivity index (χ1n) is 3.58. The van der Waals surface area contributed by atoms with Gasteiger partial charge < -0.3 is 5.32 Å². The van der Waals surface area contributed by atoms with Crippen LogP contribution in [0.2, 0.25) is 0 Å². The number of urea groups is 1. The topological polar surface area (TPSA) is 50.4 Å². The highest BCUT2D eigenvalue weighted by Gasteiger charge is 2.02. The quantitative estimate of drug-likeness (QED) is 0.784. The van der Waals surface area contributed by atoms with Crippen LogP contribution < -0.4 is 10.8 Å². The minimum Gasteiger partial charge on any atom is -0.305 e. The molecule has 1 rings (SSSR count). The van der Waals surface area contributed by atoms with Crippen molar-refractivity contribution in [2.24, 2.45) is 0 Å². The van der Waals surface area contributed by atoms with Crippen LogP contribution in [0, 0.1) is 0 Å². The van der Waals surface area contributed by atoms with Crippen LogP contribution >= 0.6 is 15.9 Å². The Hall–Kier alpha value is -1.07. The molecular formula is C8H9BrN2O2. The van der Waals surface area contributed by atoms with E-state index in [1.54, 1.807) is 6.07 Å². The van der Waals surface area contributed by atoms with E-state index in [9.17, 15) is 4.79 Å². The molecule has 0 atom stereocenters. The summed E-state index contributed by atoms with van der Waals surface area (Å²) >= 11 is 3.29. The maximum atomic E-state index is 11.0. The van der Waals surface area contributed by atoms with Crippen molar-refractivity contribution in [1.82, 2.24) is 5.48 Å². The maximum absolute atomic E-state index is 11.0. The van der Waals surface area contributed by atoms with Gasteiger partial charge in [0.15, 0.2) is 0 Å². The number of halogens is 1. The summed E-state index contributed by atoms with van der Waals surface area (Å²) in [6.07, 6.45) is 0. The van der Waals surface area contributed by atoms with Crippen LogP contribution in [0.5, 0.6) is 0 Å². The van der Waals surface area contributed by atoms with Gasteiger partial charge in [0.05, 0.1) is 12.8 Å². The minimum absolute atomic E-state index is 0.408. The molecule has 13 heavy (non-hydrogen) atoms. The molecule has 0 aliphatic carbocycles. The van der Waals surface area contributed by atoms with Gasteiger partial charge in [-0.15, -0.1) is 0 Å². The Morgan fingerprint density at radius 3 is 2.77 bits per heavy atom. The number of nitrogens with one attached hydrogen (secondary N) is 2. The van der Waals surface area contributed by atoms with E-state index in [4.69, 9.17) is 0 Å². The van der Waals surface area contributed by atoms with Gasteiger partial charge in [0, 0.05) is 4.47 Å². The molecule has 0 aromatic heterocycles. The molecule has 5 heteroatoms. The van der Waals surface area contributed by atoms with Gasteiger partial charge in [0.2, 0.25) is 0 Å². The van der Waals surface area contributed by atoms with E-state index in [2.05, 4.69) is 31.6 Å². The fourth-order valence-electron chi connectivity index (χ4n) is 0.803. The number of carbonyl (C=O) groups excluding carboxylic acids is 1. The Bertz CT molecular complexity index is 304. The third-order valence-electron chi connectivity index (χ3n) is 1.32. The third kappa shape index (κ3) is 3.04. The standard InChI is InChI=1S/C8H9BrN2O2/c1-13-11-8(12)10-7-5-3-2-4-6(7)9/h2-5H,1H3,(H2,10,11,12). The molecular weight excluding hydrogens is 236 g/mol. The fourth-order valence-corrected chi connectivity index (χ4v) is 1.19. The molecule has 0 spiro atoms. The minimum atomic E-state index is -0.408. The van der Waals surface area contributed by atoms with Crippen LogP contribution in [-0.4, -0.2) is 13.1 Å². The summed E-state index contributed by atoms with van der Waals surface area (Å²) in [5.41, 5.74) is 2.84. The number of hydrogen-bond donors (Lipinski definition) is 2. The Balaban J connectivity index is 2.63. The summed E-state index contributed by atoms with van der Waals surface area (Å²) < 4.78 is 0.821. The van der Waals surface area contributed by atoms with Gasteiger partial charge in [-0.2, -0.15) is 0 Å². The molecule has 1 aromatic carbocycles. The lowest BCUT2D eigenvalue weighted by molar-refractivity contribution is 0.114. The molecule has 0 radical (unpaired) electrons. The van der Waals surface area contributed by atoms with Crippen molar-refractivity contribution in [3.63, 3.8) is 0 Å². The van der Waals surface area contributed by atoms with E-state index in [-0.39, 0.29) is 0 Å². The van der Waals surface area contributed by atoms with Crippen LogP contribution in [0.4, 0.5) is 10.5 Å². The van der Waals surface area contributed by atoms with Gasteiger partial charge in [-0.25, -0.2) is 10.3 Å². The lowest BCUT2D eigenvalue weighted by Crippen LogP contribution is -2.27. The zero-order valence-corrected chi connectivity index (χ0v) is 8.59. The summed E-state index contributed by atoms with van der Waals surface area (Å²) in [5.74, 6) is 0. The molecule has 4 nitrogen and oxygen atoms in total. The Kier molecular flexibility index (Phi) is 3.72. The van der Waals surface area contributed by atoms with E-state index < -0.39 is 6.03 Å². The van der Waals surface area contributed by atoms with Gasteiger partial charge in [0.25, 0.3) is 0 Å². The summed E-state index contributed by atoms with van der Waals surface area (Å²) in [7, 11) is 1.37. The highest BCUT2D eigenvalue weighted by Crippen LogP contribution is 2.20. The molecule has 70 valence electrons. The first kappa shape index (κ1) is 10.0. The van der Waals surface area contributed by atoms with Gasteiger partial charge in [0.1, 0.15) is 0 Å². The molecule has 0 heterocycles. The summed E-state index contributed by atoms with van der Waals surface area (Å²) in [4.78, 5) is 15.4. The van der Waals surface area contributed by atoms with Crippen molar-refractivity contribution < 1.29 is 9.63 Å². The Morgan fingerprint density at radius 2 is 2.15 bits per heavy atom. The molecule has 0 aliphatic heterocycles. The van der Waals surface area contributed by atoms with Crippen molar-refractivity contribution in [3.8, 4) is 0 Å². The zero-order valence-electron chi connectivity index (χ0n) is 7.00. The first-order chi connectivity index (χ1) is 6.24. The van der Waals surface area contributed by atoms with Gasteiger partial charge >= 0.3 is 6.03 Å². The number of anilines is 1. The van der Waals surface area contributed by atoms with Crippen molar-refractivity contribution in [2.45, 2.75) is 0 Å². The predicted octanol–water partition coefficient (Wildman–Crippen LogP) is 2.13. The average molecular weight is 245 g/mol. The van der Waals surface area contributed by atoms with E-state index in [0.29, 0.717) is 5.69 Å². The molecule has 0 fully saturated rings. The number of hydrogen-bond acceptors (Lipinski definition) is 2. The average Bonchev–Trinajstić information content (AvgIpc) is 2.09. The smallest absolute Gasteiger partial charge is 0.305 e. The summed E-state index contributed by atoms with van der Waals surface area (Å²) in [6, 6.07) is 6.90. The summed E-state index contributed by atoms with van der Waals surface area (Å²) in [6.45, 7) is 0. The number of hydroxylamine groups is 1. The van der Waals surface area contributed by atoms with Gasteiger partial charge in [-0.05, 0) is 28.1 Å². The summed E-state index contributed by atoms with van der Waals surface area (Å²) in [5, 5.41) is 2.59. The van der Waals surface area contributed by atoms with Crippen molar-refractivity contribution in [2.75, 3.05) is 12.4 Å². The molecule has 0 aliphatic rings. The number of amides is 2. The third-order valence-corrected chi connectivity index (χ3v) is 2.01. The molecule has 2 N–H and O–H groups in total. The van der Waals surface area contributed by atoms with Crippen LogP contribution in [0.3, 0.4) is 0 Å². The van der Waals surface area contributed by atoms with Crippen LogP contribution in [0.25, 0.3) is 0 Å². The van der Waals surface area contributed by atoms with Gasteiger partial charge in [-0.3, -0.25) is 4.84 Å². The molecule has 0 saturated heterocycles. The SMILES string of the molecule is CONC(=O)Nc1ccccc1Br. The molecule has 0 bridgehead atoms. The van der Waals surface area contributed by atoms with Crippen molar-refractivity contribution in [3.05, 3.63) is 28.7 Å². The highest BCUT2D eigenvalue weighted by atomic mass is 79.9. The van der Waals surface area contributed by atoms with Crippen molar-refractivity contribution in [1.29, 1.82) is 0 Å². The Morgan fingerprint density at radius 1 is 1.46 bits per heavy atom. The maximum Gasteiger partial charge on any atom is 0.343 e. The number of carbonyl (C=O) groups is 1. The predicted molar refractivity (Wildman–Crippen MR) is 53.3 cm³/mol. The van der Waals surface area contributed by atoms with Crippen LogP contribution in [0.1, 0.15) is 0 Å². The van der Waals surface area contributed by atoms with E-state index in [0.717, 1.165) is 4.47 Å². The first-order valence-corrected chi connectivity index (χ1v) is 4.38. The normalized spacial score (nSPS) is 9.38. The lowest BCUT2D eigenvalue weighted by atomic mass is 10.3. The second-order valence-corrected chi connectivity index (χ2v) is 3.09. The molecule has 2 amide bonds. The van der Waals surface area contributed by atoms with Crippen LogP contribution in [-0.2, 0) is 4.84 Å². The molecule has 0 unspecified atom stereocenters. The monoisotopic (exact) mass is 244 g/mol. The van der Waals surface area contributed by atoms with E-state index in [1.165, 1.54) is 7.11 Å². The van der Waals surface area contributed by atoms with E-state index in [1.807, 2.05) is 18.2 Å². The lowest BCUT2D eigenvalue weighted by Gasteiger charge is -2.06. The molecule has 0 saturated carbocycles. The van der Waals surface area contributed by atoms with E-state index >= 15 is 0 Å². The Labute approximate surface area is 84.4 Å². The van der Waals surface area contributed by atoms with Crippen LogP contribution in [0.15, 0.2) is 28.7 Å². The number of para-hydroxylation sites is 1. The second-order valence-electron chi connectivity index (χ2n) is 2.24. The second kappa shape index (κ2) is 4.84. The number of benzene rings is 1. The van der Waals surface area contributed by atoms with Crippen molar-refractivity contribution >= 4 is 27.6 Å². The number of rotatable bonds is 2. The van der Waals surface area contributed by atoms with Gasteiger partial charge in [-0.1, -0.05) is 12.1 Å².